The Bertz CT molecular complexity index is 652. The highest BCUT2D eigenvalue weighted by Crippen LogP contribution is 2.38. The Morgan fingerprint density at radius 1 is 1.41 bits per heavy atom. The Kier molecular flexibility index (Phi) is 3.67. The van der Waals surface area contributed by atoms with Gasteiger partial charge in [0.05, 0.1) is 11.1 Å². The fourth-order valence-electron chi connectivity index (χ4n) is 3.37. The van der Waals surface area contributed by atoms with Crippen molar-refractivity contribution in [2.75, 3.05) is 17.7 Å². The fraction of sp³-hybridized carbons (Fsp3) is 0.571. The molecule has 1 atom stereocenters. The molecule has 0 spiro atoms. The van der Waals surface area contributed by atoms with Crippen molar-refractivity contribution in [3.05, 3.63) is 11.8 Å². The van der Waals surface area contributed by atoms with E-state index in [4.69, 9.17) is 0 Å². The van der Waals surface area contributed by atoms with Crippen LogP contribution in [0.15, 0.2) is 11.4 Å². The minimum absolute atomic E-state index is 0.0186. The predicted octanol–water partition coefficient (Wildman–Crippen LogP) is 0.980. The number of anilines is 1. The van der Waals surface area contributed by atoms with E-state index in [1.54, 1.807) is 6.20 Å². The fourth-order valence-corrected chi connectivity index (χ4v) is 3.70. The molecule has 0 bridgehead atoms. The van der Waals surface area contributed by atoms with Crippen LogP contribution < -0.4 is 4.90 Å². The molecule has 2 aliphatic rings. The number of aromatic nitrogens is 2. The van der Waals surface area contributed by atoms with Crippen molar-refractivity contribution in [3.63, 3.8) is 0 Å². The monoisotopic (exact) mass is 318 g/mol. The van der Waals surface area contributed by atoms with Crippen molar-refractivity contribution in [1.82, 2.24) is 14.8 Å². The molecule has 0 radical (unpaired) electrons. The maximum absolute atomic E-state index is 12.7. The van der Waals surface area contributed by atoms with Gasteiger partial charge in [-0.15, -0.1) is 0 Å². The minimum atomic E-state index is -0.451. The highest BCUT2D eigenvalue weighted by molar-refractivity contribution is 7.98. The number of hydrogen-bond acceptors (Lipinski definition) is 6. The van der Waals surface area contributed by atoms with Crippen LogP contribution in [0.25, 0.3) is 0 Å². The second-order valence-electron chi connectivity index (χ2n) is 6.27. The highest BCUT2D eigenvalue weighted by atomic mass is 32.2. The van der Waals surface area contributed by atoms with Crippen LogP contribution in [0.3, 0.4) is 0 Å². The number of carbonyl (C=O) groups is 2. The summed E-state index contributed by atoms with van der Waals surface area (Å²) >= 11 is 1.43. The van der Waals surface area contributed by atoms with E-state index < -0.39 is 6.04 Å². The number of hydrogen-bond donors (Lipinski definition) is 0. The molecule has 0 N–H and O–H groups in total. The Balaban J connectivity index is 2.14. The van der Waals surface area contributed by atoms with E-state index in [1.165, 1.54) is 11.8 Å². The van der Waals surface area contributed by atoms with Gasteiger partial charge in [-0.2, -0.15) is 0 Å². The zero-order chi connectivity index (χ0) is 16.1. The van der Waals surface area contributed by atoms with Crippen molar-refractivity contribution in [1.29, 1.82) is 0 Å². The van der Waals surface area contributed by atoms with Gasteiger partial charge in [-0.05, 0) is 20.1 Å². The standard InChI is InChI=1S/C14H19BN4O2S/c1-14(2)7-18(15-3)12(21)9-5-10(20)8-6-16-13(22-4)17-11(8)19(9)14/h6,9,15H,5,7H2,1-4H3. The first kappa shape index (κ1) is 15.3. The zero-order valence-corrected chi connectivity index (χ0v) is 14.1. The summed E-state index contributed by atoms with van der Waals surface area (Å²) in [6, 6.07) is -0.451. The Morgan fingerprint density at radius 3 is 2.77 bits per heavy atom. The molecule has 0 aromatic carbocycles. The van der Waals surface area contributed by atoms with E-state index >= 15 is 0 Å². The van der Waals surface area contributed by atoms with Gasteiger partial charge in [0.2, 0.25) is 13.3 Å². The van der Waals surface area contributed by atoms with Gasteiger partial charge in [0.15, 0.2) is 10.9 Å². The van der Waals surface area contributed by atoms with Crippen LogP contribution in [0.1, 0.15) is 30.6 Å². The molecule has 0 aliphatic carbocycles. The van der Waals surface area contributed by atoms with Gasteiger partial charge in [0, 0.05) is 19.2 Å². The Morgan fingerprint density at radius 2 is 2.14 bits per heavy atom. The number of carbonyl (C=O) groups excluding carboxylic acids is 2. The number of fused-ring (bicyclic) bond motifs is 3. The van der Waals surface area contributed by atoms with Crippen molar-refractivity contribution in [2.45, 2.75) is 43.8 Å². The van der Waals surface area contributed by atoms with Gasteiger partial charge in [-0.3, -0.25) is 9.59 Å². The van der Waals surface area contributed by atoms with Crippen LogP contribution in [0.4, 0.5) is 5.82 Å². The summed E-state index contributed by atoms with van der Waals surface area (Å²) in [5, 5.41) is 0.619. The quantitative estimate of drug-likeness (QED) is 0.460. The summed E-state index contributed by atoms with van der Waals surface area (Å²) in [7, 11) is 0.660. The molecule has 1 aromatic rings. The molecular formula is C14H19BN4O2S. The molecule has 3 heterocycles. The topological polar surface area (TPSA) is 66.4 Å². The summed E-state index contributed by atoms with van der Waals surface area (Å²) in [6.45, 7) is 6.78. The van der Waals surface area contributed by atoms with Crippen LogP contribution in [-0.4, -0.2) is 58.3 Å². The summed E-state index contributed by atoms with van der Waals surface area (Å²) in [5.74, 6) is 0.575. The van der Waals surface area contributed by atoms with E-state index in [0.717, 1.165) is 0 Å². The number of ketones is 1. The van der Waals surface area contributed by atoms with E-state index in [-0.39, 0.29) is 23.7 Å². The average Bonchev–Trinajstić information content (AvgIpc) is 2.49. The van der Waals surface area contributed by atoms with E-state index in [9.17, 15) is 9.59 Å². The maximum Gasteiger partial charge on any atom is 0.236 e. The largest absolute Gasteiger partial charge is 0.386 e. The SMILES string of the molecule is CBN1CC(C)(C)N2c3nc(SC)ncc3C(=O)CC2C1=O. The highest BCUT2D eigenvalue weighted by Gasteiger charge is 2.49. The first-order chi connectivity index (χ1) is 10.4. The Labute approximate surface area is 134 Å². The van der Waals surface area contributed by atoms with Crippen LogP contribution >= 0.6 is 11.8 Å². The molecule has 1 fully saturated rings. The molecule has 1 unspecified atom stereocenters. The van der Waals surface area contributed by atoms with E-state index in [1.807, 2.05) is 22.8 Å². The van der Waals surface area contributed by atoms with Crippen LogP contribution in [0.5, 0.6) is 0 Å². The summed E-state index contributed by atoms with van der Waals surface area (Å²) in [5.41, 5.74) is 0.258. The molecule has 22 heavy (non-hydrogen) atoms. The third-order valence-electron chi connectivity index (χ3n) is 4.36. The van der Waals surface area contributed by atoms with Crippen molar-refractivity contribution < 1.29 is 9.59 Å². The molecule has 2 aliphatic heterocycles. The van der Waals surface area contributed by atoms with Gasteiger partial charge >= 0.3 is 0 Å². The molecular weight excluding hydrogens is 299 g/mol. The minimum Gasteiger partial charge on any atom is -0.386 e. The predicted molar refractivity (Wildman–Crippen MR) is 87.8 cm³/mol. The number of rotatable bonds is 2. The molecule has 8 heteroatoms. The summed E-state index contributed by atoms with van der Waals surface area (Å²) in [4.78, 5) is 37.7. The Hall–Kier alpha value is -1.57. The number of thioether (sulfide) groups is 1. The third kappa shape index (κ3) is 2.20. The van der Waals surface area contributed by atoms with Crippen LogP contribution in [0.2, 0.25) is 6.82 Å². The van der Waals surface area contributed by atoms with Crippen molar-refractivity contribution in [3.8, 4) is 0 Å². The van der Waals surface area contributed by atoms with E-state index in [2.05, 4.69) is 23.8 Å². The summed E-state index contributed by atoms with van der Waals surface area (Å²) < 4.78 is 0. The lowest BCUT2D eigenvalue weighted by molar-refractivity contribution is -0.131. The lowest BCUT2D eigenvalue weighted by atomic mass is 9.82. The van der Waals surface area contributed by atoms with Gasteiger partial charge < -0.3 is 9.71 Å². The van der Waals surface area contributed by atoms with Crippen molar-refractivity contribution in [2.24, 2.45) is 0 Å². The molecule has 1 saturated heterocycles. The molecule has 6 nitrogen and oxygen atoms in total. The lowest BCUT2D eigenvalue weighted by Gasteiger charge is -2.53. The first-order valence-corrected chi connectivity index (χ1v) is 8.64. The second kappa shape index (κ2) is 5.26. The van der Waals surface area contributed by atoms with Gasteiger partial charge in [-0.1, -0.05) is 18.6 Å². The smallest absolute Gasteiger partial charge is 0.236 e. The van der Waals surface area contributed by atoms with Gasteiger partial charge in [-0.25, -0.2) is 9.97 Å². The molecule has 1 aromatic heterocycles. The lowest BCUT2D eigenvalue weighted by Crippen LogP contribution is -2.69. The number of piperazine rings is 1. The van der Waals surface area contributed by atoms with Gasteiger partial charge in [0.1, 0.15) is 11.9 Å². The second-order valence-corrected chi connectivity index (χ2v) is 7.05. The van der Waals surface area contributed by atoms with Crippen LogP contribution in [-0.2, 0) is 4.79 Å². The first-order valence-electron chi connectivity index (χ1n) is 7.41. The molecule has 116 valence electrons. The normalized spacial score (nSPS) is 23.2. The number of amides is 1. The number of nitrogens with zero attached hydrogens (tertiary/aromatic N) is 4. The van der Waals surface area contributed by atoms with Crippen molar-refractivity contribution >= 4 is 36.7 Å². The molecule has 0 saturated carbocycles. The molecule has 1 amide bonds. The van der Waals surface area contributed by atoms with E-state index in [0.29, 0.717) is 30.5 Å². The summed E-state index contributed by atoms with van der Waals surface area (Å²) in [6.07, 6.45) is 3.70. The van der Waals surface area contributed by atoms with Crippen LogP contribution in [0, 0.1) is 0 Å². The zero-order valence-electron chi connectivity index (χ0n) is 13.3. The average molecular weight is 318 g/mol. The molecule has 3 rings (SSSR count). The van der Waals surface area contributed by atoms with Gasteiger partial charge in [0.25, 0.3) is 0 Å². The third-order valence-corrected chi connectivity index (χ3v) is 4.92. The maximum atomic E-state index is 12.7. The number of Topliss-reactive ketones (excluding diaryl/α,β-unsaturated/α-hetero) is 1.